The lowest BCUT2D eigenvalue weighted by Crippen LogP contribution is -2.43. The van der Waals surface area contributed by atoms with Crippen molar-refractivity contribution in [2.24, 2.45) is 0 Å². The van der Waals surface area contributed by atoms with Crippen molar-refractivity contribution in [3.8, 4) is 17.0 Å². The molecule has 0 radical (unpaired) electrons. The molecule has 2 heterocycles. The number of ether oxygens (including phenoxy) is 2. The van der Waals surface area contributed by atoms with E-state index in [1.54, 1.807) is 23.8 Å². The molecule has 0 spiro atoms. The largest absolute Gasteiger partial charge is 0.496 e. The van der Waals surface area contributed by atoms with Gasteiger partial charge in [-0.3, -0.25) is 0 Å². The predicted octanol–water partition coefficient (Wildman–Crippen LogP) is 5.26. The van der Waals surface area contributed by atoms with E-state index in [1.807, 2.05) is 46.8 Å². The summed E-state index contributed by atoms with van der Waals surface area (Å²) < 4.78 is 11.1. The minimum absolute atomic E-state index is 0.239. The molecule has 1 amide bonds. The van der Waals surface area contributed by atoms with Crippen molar-refractivity contribution < 1.29 is 14.3 Å². The fourth-order valence-electron chi connectivity index (χ4n) is 3.48. The SMILES string of the molecule is COc1cc(C)ccc1-c1nnc(S[C@@H]2CCCN(C(=O)OC(C)(C)C)C2)cc1C. The normalized spacial score (nSPS) is 17.0. The minimum atomic E-state index is -0.480. The maximum absolute atomic E-state index is 12.4. The molecule has 1 aromatic carbocycles. The van der Waals surface area contributed by atoms with Crippen molar-refractivity contribution in [1.82, 2.24) is 15.1 Å². The number of carbonyl (C=O) groups excluding carboxylic acids is 1. The van der Waals surface area contributed by atoms with Gasteiger partial charge < -0.3 is 14.4 Å². The van der Waals surface area contributed by atoms with Crippen LogP contribution in [0, 0.1) is 13.8 Å². The Labute approximate surface area is 183 Å². The molecular formula is C23H31N3O3S. The van der Waals surface area contributed by atoms with Crippen LogP contribution >= 0.6 is 11.8 Å². The molecule has 1 atom stereocenters. The Kier molecular flexibility index (Phi) is 6.91. The van der Waals surface area contributed by atoms with E-state index in [4.69, 9.17) is 9.47 Å². The molecule has 1 aromatic heterocycles. The zero-order valence-corrected chi connectivity index (χ0v) is 19.5. The average molecular weight is 430 g/mol. The highest BCUT2D eigenvalue weighted by Gasteiger charge is 2.28. The number of rotatable bonds is 4. The number of piperidine rings is 1. The Morgan fingerprint density at radius 3 is 2.63 bits per heavy atom. The van der Waals surface area contributed by atoms with E-state index in [0.717, 1.165) is 52.5 Å². The van der Waals surface area contributed by atoms with Crippen LogP contribution in [0.25, 0.3) is 11.3 Å². The van der Waals surface area contributed by atoms with Gasteiger partial charge in [0.2, 0.25) is 0 Å². The molecule has 2 aromatic rings. The number of carbonyl (C=O) groups is 1. The van der Waals surface area contributed by atoms with Crippen LogP contribution < -0.4 is 4.74 Å². The highest BCUT2D eigenvalue weighted by Crippen LogP contribution is 2.34. The number of methoxy groups -OCH3 is 1. The van der Waals surface area contributed by atoms with Gasteiger partial charge in [0.25, 0.3) is 0 Å². The number of amides is 1. The molecule has 1 aliphatic heterocycles. The Hall–Kier alpha value is -2.28. The smallest absolute Gasteiger partial charge is 0.410 e. The molecule has 7 heteroatoms. The molecule has 30 heavy (non-hydrogen) atoms. The molecule has 6 nitrogen and oxygen atoms in total. The molecule has 1 aliphatic rings. The van der Waals surface area contributed by atoms with Gasteiger partial charge in [-0.15, -0.1) is 10.2 Å². The zero-order chi connectivity index (χ0) is 21.9. The Balaban J connectivity index is 1.71. The second-order valence-corrected chi connectivity index (χ2v) is 10.0. The van der Waals surface area contributed by atoms with Crippen LogP contribution in [0.15, 0.2) is 29.3 Å². The van der Waals surface area contributed by atoms with Crippen molar-refractivity contribution in [2.45, 2.75) is 63.3 Å². The summed E-state index contributed by atoms with van der Waals surface area (Å²) in [7, 11) is 1.67. The molecule has 0 N–H and O–H groups in total. The van der Waals surface area contributed by atoms with Gasteiger partial charge in [0.05, 0.1) is 12.8 Å². The monoisotopic (exact) mass is 429 g/mol. The highest BCUT2D eigenvalue weighted by molar-refractivity contribution is 7.99. The number of benzene rings is 1. The van der Waals surface area contributed by atoms with Crippen molar-refractivity contribution >= 4 is 17.9 Å². The number of hydrogen-bond acceptors (Lipinski definition) is 6. The number of aromatic nitrogens is 2. The summed E-state index contributed by atoms with van der Waals surface area (Å²) in [5.74, 6) is 0.799. The van der Waals surface area contributed by atoms with Crippen molar-refractivity contribution in [1.29, 1.82) is 0 Å². The second kappa shape index (κ2) is 9.25. The van der Waals surface area contributed by atoms with E-state index >= 15 is 0 Å². The third kappa shape index (κ3) is 5.65. The van der Waals surface area contributed by atoms with Crippen LogP contribution in [-0.4, -0.2) is 52.2 Å². The quantitative estimate of drug-likeness (QED) is 0.660. The summed E-state index contributed by atoms with van der Waals surface area (Å²) >= 11 is 1.68. The molecule has 0 bridgehead atoms. The van der Waals surface area contributed by atoms with E-state index < -0.39 is 5.60 Å². The average Bonchev–Trinajstić information content (AvgIpc) is 2.67. The van der Waals surface area contributed by atoms with Crippen LogP contribution in [0.3, 0.4) is 0 Å². The number of hydrogen-bond donors (Lipinski definition) is 0. The maximum atomic E-state index is 12.4. The minimum Gasteiger partial charge on any atom is -0.496 e. The lowest BCUT2D eigenvalue weighted by atomic mass is 10.0. The lowest BCUT2D eigenvalue weighted by molar-refractivity contribution is 0.0220. The Bertz CT molecular complexity index is 911. The van der Waals surface area contributed by atoms with Gasteiger partial charge in [0, 0.05) is 23.9 Å². The number of thioether (sulfide) groups is 1. The van der Waals surface area contributed by atoms with E-state index in [9.17, 15) is 4.79 Å². The Morgan fingerprint density at radius 1 is 1.20 bits per heavy atom. The van der Waals surface area contributed by atoms with Crippen LogP contribution in [0.4, 0.5) is 4.79 Å². The third-order valence-corrected chi connectivity index (χ3v) is 6.05. The summed E-state index contributed by atoms with van der Waals surface area (Å²) in [5.41, 5.74) is 3.48. The van der Waals surface area contributed by atoms with Gasteiger partial charge in [0.15, 0.2) is 0 Å². The maximum Gasteiger partial charge on any atom is 0.410 e. The first kappa shape index (κ1) is 22.4. The summed E-state index contributed by atoms with van der Waals surface area (Å²) in [5, 5.41) is 10.1. The molecular weight excluding hydrogens is 398 g/mol. The van der Waals surface area contributed by atoms with Crippen LogP contribution in [0.1, 0.15) is 44.7 Å². The van der Waals surface area contributed by atoms with Gasteiger partial charge in [-0.25, -0.2) is 4.79 Å². The van der Waals surface area contributed by atoms with Crippen molar-refractivity contribution in [2.75, 3.05) is 20.2 Å². The van der Waals surface area contributed by atoms with Gasteiger partial charge >= 0.3 is 6.09 Å². The summed E-state index contributed by atoms with van der Waals surface area (Å²) in [6.07, 6.45) is 1.76. The molecule has 1 saturated heterocycles. The third-order valence-electron chi connectivity index (χ3n) is 4.89. The first-order valence-electron chi connectivity index (χ1n) is 10.3. The van der Waals surface area contributed by atoms with E-state index in [2.05, 4.69) is 22.3 Å². The van der Waals surface area contributed by atoms with Crippen LogP contribution in [0.5, 0.6) is 5.75 Å². The summed E-state index contributed by atoms with van der Waals surface area (Å²) in [6, 6.07) is 8.15. The zero-order valence-electron chi connectivity index (χ0n) is 18.7. The molecule has 162 valence electrons. The fraction of sp³-hybridized carbons (Fsp3) is 0.522. The number of nitrogens with zero attached hydrogens (tertiary/aromatic N) is 3. The van der Waals surface area contributed by atoms with Crippen LogP contribution in [-0.2, 0) is 4.74 Å². The number of likely N-dealkylation sites (tertiary alicyclic amines) is 1. The van der Waals surface area contributed by atoms with Gasteiger partial charge in [-0.1, -0.05) is 17.8 Å². The topological polar surface area (TPSA) is 64.6 Å². The predicted molar refractivity (Wildman–Crippen MR) is 120 cm³/mol. The standard InChI is InChI=1S/C23H31N3O3S/c1-15-9-10-18(19(12-15)28-6)21-16(2)13-20(24-25-21)30-17-8-7-11-26(14-17)22(27)29-23(3,4)5/h9-10,12-13,17H,7-8,11,14H2,1-6H3/t17-/m1/s1. The first-order valence-corrected chi connectivity index (χ1v) is 11.2. The lowest BCUT2D eigenvalue weighted by Gasteiger charge is -2.33. The number of aryl methyl sites for hydroxylation is 2. The first-order chi connectivity index (χ1) is 14.2. The van der Waals surface area contributed by atoms with E-state index in [1.165, 1.54) is 0 Å². The molecule has 1 fully saturated rings. The fourth-order valence-corrected chi connectivity index (χ4v) is 4.69. The molecule has 0 saturated carbocycles. The van der Waals surface area contributed by atoms with E-state index in [-0.39, 0.29) is 11.3 Å². The molecule has 0 unspecified atom stereocenters. The second-order valence-electron chi connectivity index (χ2n) is 8.73. The van der Waals surface area contributed by atoms with Crippen molar-refractivity contribution in [3.05, 3.63) is 35.4 Å². The van der Waals surface area contributed by atoms with Crippen LogP contribution in [0.2, 0.25) is 0 Å². The van der Waals surface area contributed by atoms with Gasteiger partial charge in [0.1, 0.15) is 16.4 Å². The summed E-state index contributed by atoms with van der Waals surface area (Å²) in [6.45, 7) is 11.2. The molecule has 0 aliphatic carbocycles. The Morgan fingerprint density at radius 2 is 1.97 bits per heavy atom. The van der Waals surface area contributed by atoms with Crippen molar-refractivity contribution in [3.63, 3.8) is 0 Å². The highest BCUT2D eigenvalue weighted by atomic mass is 32.2. The van der Waals surface area contributed by atoms with E-state index in [0.29, 0.717) is 6.54 Å². The van der Waals surface area contributed by atoms with Gasteiger partial charge in [-0.2, -0.15) is 0 Å². The van der Waals surface area contributed by atoms with Gasteiger partial charge in [-0.05, 0) is 76.8 Å². The summed E-state index contributed by atoms with van der Waals surface area (Å²) in [4.78, 5) is 14.2. The molecule has 3 rings (SSSR count).